The number of hydrogen-bond donors (Lipinski definition) is 2. The molecular weight excluding hydrogens is 342 g/mol. The van der Waals surface area contributed by atoms with Crippen LogP contribution in [0.3, 0.4) is 0 Å². The van der Waals surface area contributed by atoms with Gasteiger partial charge in [-0.05, 0) is 47.2 Å². The fourth-order valence-electron chi connectivity index (χ4n) is 3.57. The average molecular weight is 365 g/mol. The van der Waals surface area contributed by atoms with Crippen molar-refractivity contribution in [3.8, 4) is 11.5 Å². The number of aromatic nitrogens is 1. The number of fused-ring (bicyclic) bond motifs is 2. The summed E-state index contributed by atoms with van der Waals surface area (Å²) in [5.74, 6) is 1.42. The highest BCUT2D eigenvalue weighted by atomic mass is 16.5. The number of aromatic amines is 1. The number of amides is 2. The van der Waals surface area contributed by atoms with Crippen molar-refractivity contribution < 1.29 is 14.3 Å². The highest BCUT2D eigenvalue weighted by Gasteiger charge is 2.22. The first-order valence-electron chi connectivity index (χ1n) is 9.01. The van der Waals surface area contributed by atoms with Crippen LogP contribution in [0.2, 0.25) is 0 Å². The monoisotopic (exact) mass is 365 g/mol. The highest BCUT2D eigenvalue weighted by molar-refractivity contribution is 5.80. The van der Waals surface area contributed by atoms with E-state index in [4.69, 9.17) is 9.47 Å². The molecule has 2 amide bonds. The predicted octanol–water partition coefficient (Wildman–Crippen LogP) is 3.45. The van der Waals surface area contributed by atoms with Gasteiger partial charge in [0.15, 0.2) is 11.5 Å². The standard InChI is InChI=1S/C21H23N3O3/c1-26-19-10-14-7-8-24(13-16(14)11-20(19)27-2)21(25)22-12-17-9-15-5-3-4-6-18(15)23-17/h3-6,9-11,23H,7-8,12-13H2,1-2H3,(H,22,25). The summed E-state index contributed by atoms with van der Waals surface area (Å²) in [6.07, 6.45) is 0.801. The van der Waals surface area contributed by atoms with E-state index in [-0.39, 0.29) is 6.03 Å². The van der Waals surface area contributed by atoms with Gasteiger partial charge >= 0.3 is 6.03 Å². The average Bonchev–Trinajstić information content (AvgIpc) is 3.13. The van der Waals surface area contributed by atoms with Gasteiger partial charge in [0.2, 0.25) is 0 Å². The van der Waals surface area contributed by atoms with Gasteiger partial charge in [-0.25, -0.2) is 4.79 Å². The van der Waals surface area contributed by atoms with Crippen LogP contribution in [0.5, 0.6) is 11.5 Å². The molecule has 0 spiro atoms. The van der Waals surface area contributed by atoms with Crippen molar-refractivity contribution in [1.29, 1.82) is 0 Å². The smallest absolute Gasteiger partial charge is 0.318 e. The summed E-state index contributed by atoms with van der Waals surface area (Å²) in [5, 5.41) is 4.16. The number of benzene rings is 2. The number of para-hydroxylation sites is 1. The van der Waals surface area contributed by atoms with Gasteiger partial charge in [0.1, 0.15) is 0 Å². The first-order valence-corrected chi connectivity index (χ1v) is 9.01. The van der Waals surface area contributed by atoms with Crippen LogP contribution in [0.1, 0.15) is 16.8 Å². The zero-order chi connectivity index (χ0) is 18.8. The van der Waals surface area contributed by atoms with E-state index >= 15 is 0 Å². The maximum atomic E-state index is 12.6. The molecule has 0 aliphatic carbocycles. The molecule has 0 atom stereocenters. The fraction of sp³-hybridized carbons (Fsp3) is 0.286. The van der Waals surface area contributed by atoms with Crippen molar-refractivity contribution in [2.75, 3.05) is 20.8 Å². The van der Waals surface area contributed by atoms with E-state index in [2.05, 4.69) is 22.4 Å². The lowest BCUT2D eigenvalue weighted by Gasteiger charge is -2.29. The third-order valence-corrected chi connectivity index (χ3v) is 5.02. The molecule has 6 nitrogen and oxygen atoms in total. The molecule has 0 unspecified atom stereocenters. The Hall–Kier alpha value is -3.15. The lowest BCUT2D eigenvalue weighted by molar-refractivity contribution is 0.191. The molecule has 6 heteroatoms. The molecule has 140 valence electrons. The molecule has 0 fully saturated rings. The third kappa shape index (κ3) is 3.43. The molecule has 0 saturated heterocycles. The first-order chi connectivity index (χ1) is 13.2. The van der Waals surface area contributed by atoms with Crippen LogP contribution in [0.15, 0.2) is 42.5 Å². The van der Waals surface area contributed by atoms with Gasteiger partial charge in [-0.1, -0.05) is 18.2 Å². The van der Waals surface area contributed by atoms with Crippen LogP contribution in [-0.2, 0) is 19.5 Å². The maximum Gasteiger partial charge on any atom is 0.318 e. The first kappa shape index (κ1) is 17.3. The summed E-state index contributed by atoms with van der Waals surface area (Å²) in [4.78, 5) is 17.8. The molecule has 0 radical (unpaired) electrons. The summed E-state index contributed by atoms with van der Waals surface area (Å²) in [6, 6.07) is 14.1. The van der Waals surface area contributed by atoms with Gasteiger partial charge < -0.3 is 24.7 Å². The molecule has 0 bridgehead atoms. The number of carbonyl (C=O) groups excluding carboxylic acids is 1. The Balaban J connectivity index is 1.43. The number of methoxy groups -OCH3 is 2. The minimum Gasteiger partial charge on any atom is -0.493 e. The lowest BCUT2D eigenvalue weighted by Crippen LogP contribution is -2.42. The van der Waals surface area contributed by atoms with E-state index in [1.165, 1.54) is 5.56 Å². The number of nitrogens with zero attached hydrogens (tertiary/aromatic N) is 1. The van der Waals surface area contributed by atoms with Gasteiger partial charge in [-0.2, -0.15) is 0 Å². The molecule has 2 aromatic carbocycles. The normalized spacial score (nSPS) is 13.3. The fourth-order valence-corrected chi connectivity index (χ4v) is 3.57. The second-order valence-corrected chi connectivity index (χ2v) is 6.69. The molecule has 2 heterocycles. The quantitative estimate of drug-likeness (QED) is 0.744. The molecule has 1 aliphatic heterocycles. The second kappa shape index (κ2) is 7.23. The molecular formula is C21H23N3O3. The second-order valence-electron chi connectivity index (χ2n) is 6.69. The van der Waals surface area contributed by atoms with Gasteiger partial charge in [0.05, 0.1) is 20.8 Å². The molecule has 1 aromatic heterocycles. The van der Waals surface area contributed by atoms with E-state index in [9.17, 15) is 4.79 Å². The van der Waals surface area contributed by atoms with E-state index in [0.29, 0.717) is 25.4 Å². The van der Waals surface area contributed by atoms with Crippen LogP contribution < -0.4 is 14.8 Å². The van der Waals surface area contributed by atoms with E-state index in [0.717, 1.165) is 34.3 Å². The number of H-pyrrole nitrogens is 1. The van der Waals surface area contributed by atoms with Gasteiger partial charge in [0.25, 0.3) is 0 Å². The Kier molecular flexibility index (Phi) is 4.62. The zero-order valence-electron chi connectivity index (χ0n) is 15.5. The van der Waals surface area contributed by atoms with Crippen LogP contribution in [0.4, 0.5) is 4.79 Å². The Morgan fingerprint density at radius 2 is 1.85 bits per heavy atom. The number of rotatable bonds is 4. The third-order valence-electron chi connectivity index (χ3n) is 5.02. The van der Waals surface area contributed by atoms with Gasteiger partial charge in [-0.3, -0.25) is 0 Å². The van der Waals surface area contributed by atoms with Crippen molar-refractivity contribution in [3.63, 3.8) is 0 Å². The Morgan fingerprint density at radius 3 is 2.59 bits per heavy atom. The van der Waals surface area contributed by atoms with Crippen LogP contribution in [0.25, 0.3) is 10.9 Å². The molecule has 2 N–H and O–H groups in total. The van der Waals surface area contributed by atoms with Crippen molar-refractivity contribution in [2.24, 2.45) is 0 Å². The summed E-state index contributed by atoms with van der Waals surface area (Å²) in [7, 11) is 3.26. The van der Waals surface area contributed by atoms with E-state index in [1.807, 2.05) is 35.2 Å². The topological polar surface area (TPSA) is 66.6 Å². The summed E-state index contributed by atoms with van der Waals surface area (Å²) < 4.78 is 10.8. The minimum atomic E-state index is -0.0610. The largest absolute Gasteiger partial charge is 0.493 e. The summed E-state index contributed by atoms with van der Waals surface area (Å²) in [6.45, 7) is 1.72. The molecule has 27 heavy (non-hydrogen) atoms. The van der Waals surface area contributed by atoms with Crippen LogP contribution in [-0.4, -0.2) is 36.7 Å². The summed E-state index contributed by atoms with van der Waals surface area (Å²) >= 11 is 0. The Morgan fingerprint density at radius 1 is 1.11 bits per heavy atom. The Labute approximate surface area is 158 Å². The number of ether oxygens (including phenoxy) is 2. The summed E-state index contributed by atoms with van der Waals surface area (Å²) in [5.41, 5.74) is 4.37. The maximum absolute atomic E-state index is 12.6. The van der Waals surface area contributed by atoms with Crippen molar-refractivity contribution in [3.05, 3.63) is 59.3 Å². The lowest BCUT2D eigenvalue weighted by atomic mass is 9.99. The number of nitrogens with one attached hydrogen (secondary N) is 2. The zero-order valence-corrected chi connectivity index (χ0v) is 15.5. The van der Waals surface area contributed by atoms with Crippen molar-refractivity contribution in [1.82, 2.24) is 15.2 Å². The molecule has 1 aliphatic rings. The number of hydrogen-bond acceptors (Lipinski definition) is 3. The predicted molar refractivity (Wildman–Crippen MR) is 104 cm³/mol. The van der Waals surface area contributed by atoms with Crippen molar-refractivity contribution >= 4 is 16.9 Å². The van der Waals surface area contributed by atoms with Crippen LogP contribution in [0, 0.1) is 0 Å². The highest BCUT2D eigenvalue weighted by Crippen LogP contribution is 2.33. The molecule has 3 aromatic rings. The SMILES string of the molecule is COc1cc2c(cc1OC)CN(C(=O)NCc1cc3ccccc3[nH]1)CC2. The minimum absolute atomic E-state index is 0.0610. The Bertz CT molecular complexity index is 947. The van der Waals surface area contributed by atoms with Crippen molar-refractivity contribution in [2.45, 2.75) is 19.5 Å². The number of carbonyl (C=O) groups is 1. The number of urea groups is 1. The van der Waals surface area contributed by atoms with Gasteiger partial charge in [0, 0.05) is 24.3 Å². The molecule has 4 rings (SSSR count). The molecule has 0 saturated carbocycles. The van der Waals surface area contributed by atoms with Gasteiger partial charge in [-0.15, -0.1) is 0 Å². The van der Waals surface area contributed by atoms with E-state index < -0.39 is 0 Å². The van der Waals surface area contributed by atoms with Crippen LogP contribution >= 0.6 is 0 Å². The van der Waals surface area contributed by atoms with E-state index in [1.54, 1.807) is 14.2 Å².